The Balaban J connectivity index is 2.27. The van der Waals surface area contributed by atoms with Gasteiger partial charge in [0.1, 0.15) is 5.75 Å². The lowest BCUT2D eigenvalue weighted by molar-refractivity contribution is -0.119. The normalized spacial score (nSPS) is 9.70. The maximum absolute atomic E-state index is 11.0. The van der Waals surface area contributed by atoms with Crippen LogP contribution >= 0.6 is 0 Å². The first-order valence-corrected chi connectivity index (χ1v) is 6.27. The number of fused-ring (bicyclic) bond motifs is 1. The van der Waals surface area contributed by atoms with Crippen LogP contribution in [0.1, 0.15) is 5.56 Å². The summed E-state index contributed by atoms with van der Waals surface area (Å²) < 4.78 is 5.34. The zero-order valence-corrected chi connectivity index (χ0v) is 11.3. The number of nitrogens with one attached hydrogen (secondary N) is 1. The molecule has 0 spiro atoms. The van der Waals surface area contributed by atoms with Gasteiger partial charge in [0.25, 0.3) is 0 Å². The molecule has 3 N–H and O–H groups in total. The van der Waals surface area contributed by atoms with Crippen LogP contribution in [0, 0.1) is 11.8 Å². The van der Waals surface area contributed by atoms with Gasteiger partial charge in [-0.25, -0.2) is 0 Å². The van der Waals surface area contributed by atoms with Crippen molar-refractivity contribution in [2.75, 3.05) is 20.2 Å². The SMILES string of the molecule is COc1ccc(C#CCNC(=O)CN)c2ccccc12. The smallest absolute Gasteiger partial charge is 0.234 e. The fourth-order valence-electron chi connectivity index (χ4n) is 1.91. The van der Waals surface area contributed by atoms with E-state index in [2.05, 4.69) is 17.2 Å². The van der Waals surface area contributed by atoms with E-state index in [1.54, 1.807) is 7.11 Å². The van der Waals surface area contributed by atoms with Gasteiger partial charge in [-0.1, -0.05) is 36.1 Å². The van der Waals surface area contributed by atoms with Crippen LogP contribution in [-0.2, 0) is 4.79 Å². The number of carbonyl (C=O) groups excluding carboxylic acids is 1. The molecule has 0 aliphatic carbocycles. The molecule has 0 aliphatic heterocycles. The molecule has 2 rings (SSSR count). The summed E-state index contributed by atoms with van der Waals surface area (Å²) in [5, 5.41) is 4.66. The van der Waals surface area contributed by atoms with Gasteiger partial charge >= 0.3 is 0 Å². The molecule has 0 heterocycles. The molecule has 4 heteroatoms. The summed E-state index contributed by atoms with van der Waals surface area (Å²) in [5.41, 5.74) is 6.10. The summed E-state index contributed by atoms with van der Waals surface area (Å²) >= 11 is 0. The number of methoxy groups -OCH3 is 1. The third kappa shape index (κ3) is 3.08. The lowest BCUT2D eigenvalue weighted by atomic mass is 10.0. The van der Waals surface area contributed by atoms with Gasteiger partial charge in [0, 0.05) is 16.3 Å². The molecule has 0 bridgehead atoms. The molecule has 0 atom stereocenters. The van der Waals surface area contributed by atoms with E-state index < -0.39 is 0 Å². The Morgan fingerprint density at radius 2 is 2.00 bits per heavy atom. The van der Waals surface area contributed by atoms with Crippen molar-refractivity contribution in [3.05, 3.63) is 42.0 Å². The van der Waals surface area contributed by atoms with Crippen molar-refractivity contribution in [2.24, 2.45) is 5.73 Å². The van der Waals surface area contributed by atoms with Crippen molar-refractivity contribution in [3.8, 4) is 17.6 Å². The quantitative estimate of drug-likeness (QED) is 0.824. The number of hydrogen-bond donors (Lipinski definition) is 2. The van der Waals surface area contributed by atoms with Crippen molar-refractivity contribution in [1.29, 1.82) is 0 Å². The maximum Gasteiger partial charge on any atom is 0.234 e. The number of ether oxygens (including phenoxy) is 1. The first kappa shape index (κ1) is 13.9. The van der Waals surface area contributed by atoms with Gasteiger partial charge in [-0.05, 0) is 12.1 Å². The van der Waals surface area contributed by atoms with Gasteiger partial charge in [0.2, 0.25) is 5.91 Å². The average molecular weight is 268 g/mol. The molecule has 0 saturated carbocycles. The van der Waals surface area contributed by atoms with Gasteiger partial charge in [-0.3, -0.25) is 4.79 Å². The second-order valence-corrected chi connectivity index (χ2v) is 4.14. The zero-order chi connectivity index (χ0) is 14.4. The van der Waals surface area contributed by atoms with Crippen LogP contribution in [0.3, 0.4) is 0 Å². The number of benzene rings is 2. The molecule has 0 radical (unpaired) electrons. The Kier molecular flexibility index (Phi) is 4.59. The molecule has 2 aromatic carbocycles. The highest BCUT2D eigenvalue weighted by atomic mass is 16.5. The molecule has 2 aromatic rings. The first-order valence-electron chi connectivity index (χ1n) is 6.27. The molecular weight excluding hydrogens is 252 g/mol. The molecule has 0 fully saturated rings. The van der Waals surface area contributed by atoms with Crippen molar-refractivity contribution in [2.45, 2.75) is 0 Å². The summed E-state index contributed by atoms with van der Waals surface area (Å²) in [7, 11) is 1.65. The predicted molar refractivity (Wildman–Crippen MR) is 79.4 cm³/mol. The third-order valence-corrected chi connectivity index (χ3v) is 2.89. The molecule has 0 unspecified atom stereocenters. The maximum atomic E-state index is 11.0. The third-order valence-electron chi connectivity index (χ3n) is 2.89. The van der Waals surface area contributed by atoms with E-state index >= 15 is 0 Å². The molecule has 4 nitrogen and oxygen atoms in total. The van der Waals surface area contributed by atoms with E-state index in [0.29, 0.717) is 0 Å². The number of amides is 1. The fourth-order valence-corrected chi connectivity index (χ4v) is 1.91. The standard InChI is InChI=1S/C16H16N2O2/c1-20-15-9-8-12(5-4-10-18-16(19)11-17)13-6-2-3-7-14(13)15/h2-3,6-9H,10-11,17H2,1H3,(H,18,19). The van der Waals surface area contributed by atoms with Gasteiger partial charge in [0.15, 0.2) is 0 Å². The Morgan fingerprint density at radius 3 is 2.70 bits per heavy atom. The van der Waals surface area contributed by atoms with E-state index in [9.17, 15) is 4.79 Å². The van der Waals surface area contributed by atoms with Crippen LogP contribution in [0.5, 0.6) is 5.75 Å². The highest BCUT2D eigenvalue weighted by molar-refractivity contribution is 5.93. The van der Waals surface area contributed by atoms with Crippen molar-refractivity contribution in [1.82, 2.24) is 5.32 Å². The summed E-state index contributed by atoms with van der Waals surface area (Å²) in [6.45, 7) is 0.267. The molecule has 0 aromatic heterocycles. The molecule has 0 aliphatic rings. The Labute approximate surface area is 117 Å². The molecular formula is C16H16N2O2. The van der Waals surface area contributed by atoms with Gasteiger partial charge in [-0.15, -0.1) is 0 Å². The summed E-state index contributed by atoms with van der Waals surface area (Å²) in [6, 6.07) is 11.7. The lowest BCUT2D eigenvalue weighted by Crippen LogP contribution is -2.30. The second-order valence-electron chi connectivity index (χ2n) is 4.14. The van der Waals surface area contributed by atoms with Crippen LogP contribution in [0.4, 0.5) is 0 Å². The van der Waals surface area contributed by atoms with Crippen molar-refractivity contribution < 1.29 is 9.53 Å². The minimum absolute atomic E-state index is 0.0207. The average Bonchev–Trinajstić information content (AvgIpc) is 2.51. The Hall–Kier alpha value is -2.51. The van der Waals surface area contributed by atoms with Crippen molar-refractivity contribution in [3.63, 3.8) is 0 Å². The van der Waals surface area contributed by atoms with Crippen LogP contribution in [0.15, 0.2) is 36.4 Å². The molecule has 20 heavy (non-hydrogen) atoms. The van der Waals surface area contributed by atoms with E-state index in [4.69, 9.17) is 10.5 Å². The van der Waals surface area contributed by atoms with Crippen LogP contribution in [0.2, 0.25) is 0 Å². The minimum atomic E-state index is -0.209. The highest BCUT2D eigenvalue weighted by Gasteiger charge is 2.03. The van der Waals surface area contributed by atoms with E-state index in [-0.39, 0.29) is 19.0 Å². The van der Waals surface area contributed by atoms with Gasteiger partial charge < -0.3 is 15.8 Å². The first-order chi connectivity index (χ1) is 9.76. The summed E-state index contributed by atoms with van der Waals surface area (Å²) in [4.78, 5) is 11.0. The predicted octanol–water partition coefficient (Wildman–Crippen LogP) is 1.27. The van der Waals surface area contributed by atoms with Crippen LogP contribution < -0.4 is 15.8 Å². The zero-order valence-electron chi connectivity index (χ0n) is 11.3. The van der Waals surface area contributed by atoms with Crippen molar-refractivity contribution >= 4 is 16.7 Å². The fraction of sp³-hybridized carbons (Fsp3) is 0.188. The summed E-state index contributed by atoms with van der Waals surface area (Å²) in [6.07, 6.45) is 0. The van der Waals surface area contributed by atoms with Crippen LogP contribution in [0.25, 0.3) is 10.8 Å². The summed E-state index contributed by atoms with van der Waals surface area (Å²) in [5.74, 6) is 6.59. The molecule has 1 amide bonds. The minimum Gasteiger partial charge on any atom is -0.496 e. The number of carbonyl (C=O) groups is 1. The number of rotatable bonds is 3. The van der Waals surface area contributed by atoms with E-state index in [1.807, 2.05) is 36.4 Å². The Morgan fingerprint density at radius 1 is 1.25 bits per heavy atom. The monoisotopic (exact) mass is 268 g/mol. The van der Waals surface area contributed by atoms with Gasteiger partial charge in [0.05, 0.1) is 20.2 Å². The van der Waals surface area contributed by atoms with E-state index in [1.165, 1.54) is 0 Å². The topological polar surface area (TPSA) is 64.3 Å². The Bertz CT molecular complexity index is 684. The number of nitrogens with two attached hydrogens (primary N) is 1. The molecule has 102 valence electrons. The van der Waals surface area contributed by atoms with Crippen LogP contribution in [-0.4, -0.2) is 26.1 Å². The lowest BCUT2D eigenvalue weighted by Gasteiger charge is -2.06. The second kappa shape index (κ2) is 6.60. The highest BCUT2D eigenvalue weighted by Crippen LogP contribution is 2.27. The van der Waals surface area contributed by atoms with Gasteiger partial charge in [-0.2, -0.15) is 0 Å². The largest absolute Gasteiger partial charge is 0.496 e. The molecule has 0 saturated heterocycles. The number of hydrogen-bond acceptors (Lipinski definition) is 3. The van der Waals surface area contributed by atoms with E-state index in [0.717, 1.165) is 22.1 Å².